The molecule has 0 unspecified atom stereocenters. The van der Waals surface area contributed by atoms with Crippen LogP contribution in [0.1, 0.15) is 41.5 Å². The van der Waals surface area contributed by atoms with Crippen molar-refractivity contribution in [3.63, 3.8) is 0 Å². The van der Waals surface area contributed by atoms with Crippen LogP contribution in [0.3, 0.4) is 0 Å². The highest BCUT2D eigenvalue weighted by atomic mass is 32.2. The van der Waals surface area contributed by atoms with E-state index in [2.05, 4.69) is 5.73 Å². The molecule has 0 heterocycles. The van der Waals surface area contributed by atoms with Crippen LogP contribution in [0.15, 0.2) is 17.4 Å². The van der Waals surface area contributed by atoms with E-state index in [1.54, 1.807) is 0 Å². The Balaban J connectivity index is 6.15. The zero-order valence-electron chi connectivity index (χ0n) is 12.8. The second kappa shape index (κ2) is 6.73. The van der Waals surface area contributed by atoms with Crippen LogP contribution in [0.4, 0.5) is 4.39 Å². The molecule has 0 spiro atoms. The van der Waals surface area contributed by atoms with E-state index < -0.39 is 18.2 Å². The molecule has 0 aliphatic rings. The first-order valence-corrected chi connectivity index (χ1v) is 10.5. The van der Waals surface area contributed by atoms with Gasteiger partial charge < -0.3 is 4.18 Å². The van der Waals surface area contributed by atoms with Gasteiger partial charge >= 0.3 is 10.1 Å². The van der Waals surface area contributed by atoms with Crippen LogP contribution in [-0.2, 0) is 14.3 Å². The van der Waals surface area contributed by atoms with Crippen LogP contribution >= 0.6 is 0 Å². The number of hydrogen-bond acceptors (Lipinski definition) is 3. The first-order valence-electron chi connectivity index (χ1n) is 6.45. The molecule has 0 radical (unpaired) electrons. The molecule has 0 aliphatic heterocycles. The summed E-state index contributed by atoms with van der Waals surface area (Å²) in [7, 11) is -6.04. The molecule has 0 saturated carbocycles. The molecular formula is C13H25FO3SSi. The van der Waals surface area contributed by atoms with Crippen LogP contribution < -0.4 is 0 Å². The van der Waals surface area contributed by atoms with Gasteiger partial charge in [-0.15, -0.1) is 0 Å². The molecule has 3 nitrogen and oxygen atoms in total. The lowest BCUT2D eigenvalue weighted by atomic mass is 10.5. The molecule has 0 aromatic carbocycles. The molecule has 0 aliphatic carbocycles. The topological polar surface area (TPSA) is 43.4 Å². The van der Waals surface area contributed by atoms with E-state index in [0.717, 1.165) is 6.26 Å². The van der Waals surface area contributed by atoms with Crippen molar-refractivity contribution in [1.82, 2.24) is 0 Å². The Kier molecular flexibility index (Phi) is 6.52. The van der Waals surface area contributed by atoms with E-state index in [-0.39, 0.29) is 28.3 Å². The summed E-state index contributed by atoms with van der Waals surface area (Å²) in [5.74, 6) is 0. The van der Waals surface area contributed by atoms with Gasteiger partial charge in [-0.25, -0.2) is 4.39 Å². The van der Waals surface area contributed by atoms with E-state index in [9.17, 15) is 12.8 Å². The fourth-order valence-electron chi connectivity index (χ4n) is 3.21. The summed E-state index contributed by atoms with van der Waals surface area (Å²) in [6, 6.07) is 0. The van der Waals surface area contributed by atoms with Crippen LogP contribution in [0.25, 0.3) is 0 Å². The summed E-state index contributed by atoms with van der Waals surface area (Å²) in [6.45, 7) is 12.2. The molecule has 0 N–H and O–H groups in total. The molecule has 19 heavy (non-hydrogen) atoms. The molecule has 0 amide bonds. The SMILES string of the molecule is CC(C)[Si](C(=C=CF)OS(C)(=O)=O)(C(C)C)C(C)C. The Morgan fingerprint density at radius 2 is 1.47 bits per heavy atom. The zero-order valence-corrected chi connectivity index (χ0v) is 14.6. The van der Waals surface area contributed by atoms with Gasteiger partial charge in [0, 0.05) is 0 Å². The molecule has 0 fully saturated rings. The molecule has 0 rings (SSSR count). The van der Waals surface area contributed by atoms with Gasteiger partial charge in [-0.2, -0.15) is 8.42 Å². The summed E-state index contributed by atoms with van der Waals surface area (Å²) < 4.78 is 40.6. The Morgan fingerprint density at radius 3 is 1.68 bits per heavy atom. The Morgan fingerprint density at radius 1 is 1.11 bits per heavy atom. The lowest BCUT2D eigenvalue weighted by Gasteiger charge is -2.42. The van der Waals surface area contributed by atoms with Crippen molar-refractivity contribution in [2.24, 2.45) is 0 Å². The largest absolute Gasteiger partial charge is 0.384 e. The maximum absolute atomic E-state index is 12.6. The molecular weight excluding hydrogens is 283 g/mol. The van der Waals surface area contributed by atoms with Crippen LogP contribution in [0.5, 0.6) is 0 Å². The highest BCUT2D eigenvalue weighted by Crippen LogP contribution is 2.46. The Bertz CT molecular complexity index is 439. The molecule has 6 heteroatoms. The minimum absolute atomic E-state index is 0.192. The average molecular weight is 308 g/mol. The summed E-state index contributed by atoms with van der Waals surface area (Å²) in [4.78, 5) is 0. The Hall–Kier alpha value is -0.583. The fourth-order valence-corrected chi connectivity index (χ4v) is 10.5. The number of hydrogen-bond donors (Lipinski definition) is 0. The predicted octanol–water partition coefficient (Wildman–Crippen LogP) is 4.15. The minimum atomic E-state index is -3.68. The van der Waals surface area contributed by atoms with Gasteiger partial charge in [0.2, 0.25) is 0 Å². The summed E-state index contributed by atoms with van der Waals surface area (Å²) >= 11 is 0. The third-order valence-corrected chi connectivity index (χ3v) is 11.1. The highest BCUT2D eigenvalue weighted by Gasteiger charge is 2.49. The molecule has 0 atom stereocenters. The van der Waals surface area contributed by atoms with Crippen LogP contribution in [0.2, 0.25) is 16.6 Å². The third kappa shape index (κ3) is 4.19. The molecule has 0 aromatic heterocycles. The number of rotatable bonds is 6. The van der Waals surface area contributed by atoms with Gasteiger partial charge in [0.25, 0.3) is 0 Å². The maximum Gasteiger partial charge on any atom is 0.306 e. The first-order chi connectivity index (χ1) is 8.50. The van der Waals surface area contributed by atoms with Crippen molar-refractivity contribution in [2.45, 2.75) is 58.2 Å². The van der Waals surface area contributed by atoms with E-state index >= 15 is 0 Å². The van der Waals surface area contributed by atoms with Crippen molar-refractivity contribution < 1.29 is 17.0 Å². The molecule has 0 saturated heterocycles. The summed E-state index contributed by atoms with van der Waals surface area (Å²) in [6.07, 6.45) is 1.22. The first kappa shape index (κ1) is 18.4. The van der Waals surface area contributed by atoms with E-state index in [0.29, 0.717) is 0 Å². The van der Waals surface area contributed by atoms with Crippen molar-refractivity contribution >= 4 is 18.2 Å². The minimum Gasteiger partial charge on any atom is -0.384 e. The lowest BCUT2D eigenvalue weighted by molar-refractivity contribution is 0.427. The smallest absolute Gasteiger partial charge is 0.306 e. The normalized spacial score (nSPS) is 12.8. The van der Waals surface area contributed by atoms with Gasteiger partial charge in [-0.3, -0.25) is 0 Å². The molecule has 112 valence electrons. The molecule has 0 bridgehead atoms. The van der Waals surface area contributed by atoms with Gasteiger partial charge in [0.1, 0.15) is 11.7 Å². The quantitative estimate of drug-likeness (QED) is 0.320. The van der Waals surface area contributed by atoms with E-state index in [1.807, 2.05) is 41.5 Å². The summed E-state index contributed by atoms with van der Waals surface area (Å²) in [5, 5.41) is 0.192. The highest BCUT2D eigenvalue weighted by molar-refractivity contribution is 7.86. The van der Waals surface area contributed by atoms with Crippen LogP contribution in [-0.4, -0.2) is 22.7 Å². The summed E-state index contributed by atoms with van der Waals surface area (Å²) in [5.41, 5.74) is 3.07. The van der Waals surface area contributed by atoms with Crippen LogP contribution in [0, 0.1) is 0 Å². The lowest BCUT2D eigenvalue weighted by Crippen LogP contribution is -2.47. The van der Waals surface area contributed by atoms with Gasteiger partial charge in [0.15, 0.2) is 8.07 Å². The van der Waals surface area contributed by atoms with E-state index in [4.69, 9.17) is 4.18 Å². The number of halogens is 1. The molecule has 0 aromatic rings. The van der Waals surface area contributed by atoms with Crippen molar-refractivity contribution in [3.8, 4) is 0 Å². The second-order valence-corrected chi connectivity index (χ2v) is 13.1. The predicted molar refractivity (Wildman–Crippen MR) is 79.7 cm³/mol. The monoisotopic (exact) mass is 308 g/mol. The Labute approximate surface area is 117 Å². The van der Waals surface area contributed by atoms with Crippen molar-refractivity contribution in [1.29, 1.82) is 0 Å². The van der Waals surface area contributed by atoms with Crippen molar-refractivity contribution in [2.75, 3.05) is 6.26 Å². The van der Waals surface area contributed by atoms with Gasteiger partial charge in [0.05, 0.1) is 6.26 Å². The fraction of sp³-hybridized carbons (Fsp3) is 0.769. The second-order valence-electron chi connectivity index (χ2n) is 5.77. The zero-order chi connectivity index (χ0) is 15.4. The average Bonchev–Trinajstić information content (AvgIpc) is 2.13. The van der Waals surface area contributed by atoms with Crippen molar-refractivity contribution in [3.05, 3.63) is 17.4 Å². The maximum atomic E-state index is 12.6. The standard InChI is InChI=1S/C13H25FO3SSi/c1-10(2)19(11(3)4,12(5)6)13(8-9-14)17-18(7,15)16/h9-12H,1-7H3. The van der Waals surface area contributed by atoms with Gasteiger partial charge in [-0.05, 0) is 16.6 Å². The van der Waals surface area contributed by atoms with Gasteiger partial charge in [-0.1, -0.05) is 47.3 Å². The van der Waals surface area contributed by atoms with E-state index in [1.165, 1.54) is 0 Å². The third-order valence-electron chi connectivity index (χ3n) is 3.68.